The van der Waals surface area contributed by atoms with Crippen LogP contribution in [0.25, 0.3) is 0 Å². The molecule has 146 valence electrons. The largest absolute Gasteiger partial charge is 0.296 e. The van der Waals surface area contributed by atoms with E-state index in [0.717, 1.165) is 12.3 Å². The summed E-state index contributed by atoms with van der Waals surface area (Å²) in [5, 5.41) is 9.57. The highest BCUT2D eigenvalue weighted by atomic mass is 31.2. The van der Waals surface area contributed by atoms with E-state index >= 15 is 0 Å². The van der Waals surface area contributed by atoms with Gasteiger partial charge in [0.2, 0.25) is 0 Å². The van der Waals surface area contributed by atoms with Crippen molar-refractivity contribution in [2.45, 2.75) is 105 Å². The second-order valence-corrected chi connectivity index (χ2v) is 16.0. The Labute approximate surface area is 153 Å². The molecule has 4 heteroatoms. The van der Waals surface area contributed by atoms with Crippen molar-refractivity contribution in [3.63, 3.8) is 0 Å². The molecule has 0 aromatic heterocycles. The summed E-state index contributed by atoms with van der Waals surface area (Å²) >= 11 is 0. The molecule has 0 amide bonds. The minimum Gasteiger partial charge on any atom is -0.296 e. The van der Waals surface area contributed by atoms with Gasteiger partial charge in [0.05, 0.1) is 7.21 Å². The monoisotopic (exact) mass is 376 g/mol. The standard InChI is InChI=1S/C20H46N2P2/c1-8-12-16-23(17-13-9-2,20(5,6)7)22-24(21,18-14-10-3)19-15-11-4/h21H,8-19H2,1-7H3. The number of unbranched alkanes of at least 4 members (excludes halogenated alkanes) is 4. The van der Waals surface area contributed by atoms with Crippen molar-refractivity contribution in [3.8, 4) is 0 Å². The Morgan fingerprint density at radius 2 is 1.00 bits per heavy atom. The topological polar surface area (TPSA) is 36.2 Å². The smallest absolute Gasteiger partial charge is 0.0692 e. The van der Waals surface area contributed by atoms with Crippen LogP contribution in [0.5, 0.6) is 0 Å². The normalized spacial score (nSPS) is 13.3. The second-order valence-electron chi connectivity index (χ2n) is 8.41. The van der Waals surface area contributed by atoms with E-state index in [0.29, 0.717) is 0 Å². The van der Waals surface area contributed by atoms with Crippen molar-refractivity contribution >= 4 is 14.3 Å². The maximum Gasteiger partial charge on any atom is 0.0692 e. The lowest BCUT2D eigenvalue weighted by Gasteiger charge is -2.40. The molecule has 0 unspecified atom stereocenters. The number of nitrogens with one attached hydrogen (secondary N) is 1. The lowest BCUT2D eigenvalue weighted by Crippen LogP contribution is -2.20. The zero-order chi connectivity index (χ0) is 18.7. The summed E-state index contributed by atoms with van der Waals surface area (Å²) < 4.78 is 5.65. The lowest BCUT2D eigenvalue weighted by molar-refractivity contribution is 0.748. The molecule has 0 aliphatic heterocycles. The van der Waals surface area contributed by atoms with Gasteiger partial charge in [-0.1, -0.05) is 74.1 Å². The molecule has 0 aliphatic carbocycles. The average molecular weight is 377 g/mol. The summed E-state index contributed by atoms with van der Waals surface area (Å²) in [5.41, 5.74) is 0. The van der Waals surface area contributed by atoms with Crippen LogP contribution < -0.4 is 0 Å². The first-order valence-electron chi connectivity index (χ1n) is 10.4. The van der Waals surface area contributed by atoms with Gasteiger partial charge in [-0.3, -0.25) is 9.68 Å². The molecular weight excluding hydrogens is 330 g/mol. The van der Waals surface area contributed by atoms with Crippen molar-refractivity contribution in [1.82, 2.24) is 0 Å². The van der Waals surface area contributed by atoms with Gasteiger partial charge in [-0.2, -0.15) is 0 Å². The van der Waals surface area contributed by atoms with Gasteiger partial charge in [-0.25, -0.2) is 0 Å². The predicted octanol–water partition coefficient (Wildman–Crippen LogP) is 8.88. The van der Waals surface area contributed by atoms with Gasteiger partial charge in [0.25, 0.3) is 0 Å². The number of hydrogen-bond donors (Lipinski definition) is 1. The Morgan fingerprint density at radius 3 is 1.29 bits per heavy atom. The molecule has 0 radical (unpaired) electrons. The molecule has 0 saturated carbocycles. The Hall–Kier alpha value is 0.460. The third kappa shape index (κ3) is 8.23. The van der Waals surface area contributed by atoms with Crippen LogP contribution in [0.15, 0.2) is 4.52 Å². The molecule has 0 bridgehead atoms. The zero-order valence-corrected chi connectivity index (χ0v) is 19.6. The highest BCUT2D eigenvalue weighted by Crippen LogP contribution is 2.69. The maximum atomic E-state index is 9.31. The van der Waals surface area contributed by atoms with Crippen LogP contribution in [0.1, 0.15) is 99.8 Å². The van der Waals surface area contributed by atoms with E-state index in [-0.39, 0.29) is 5.16 Å². The van der Waals surface area contributed by atoms with Crippen LogP contribution in [0, 0.1) is 5.16 Å². The van der Waals surface area contributed by atoms with Crippen LogP contribution in [0.4, 0.5) is 0 Å². The molecular formula is C20H46N2P2. The highest BCUT2D eigenvalue weighted by Gasteiger charge is 2.34. The fourth-order valence-corrected chi connectivity index (χ4v) is 13.5. The molecule has 0 saturated heterocycles. The van der Waals surface area contributed by atoms with Gasteiger partial charge in [0, 0.05) is 12.3 Å². The van der Waals surface area contributed by atoms with Gasteiger partial charge >= 0.3 is 0 Å². The Bertz CT molecular complexity index is 398. The molecule has 0 fully saturated rings. The molecule has 0 spiro atoms. The van der Waals surface area contributed by atoms with Crippen LogP contribution in [0.2, 0.25) is 0 Å². The second kappa shape index (κ2) is 12.0. The highest BCUT2D eigenvalue weighted by molar-refractivity contribution is 7.77. The molecule has 2 nitrogen and oxygen atoms in total. The molecule has 0 aliphatic rings. The lowest BCUT2D eigenvalue weighted by atomic mass is 10.3. The quantitative estimate of drug-likeness (QED) is 0.312. The Kier molecular flexibility index (Phi) is 12.2. The molecule has 0 atom stereocenters. The Balaban J connectivity index is 5.96. The maximum absolute atomic E-state index is 9.31. The number of hydrogen-bond acceptors (Lipinski definition) is 1. The van der Waals surface area contributed by atoms with Crippen molar-refractivity contribution < 1.29 is 0 Å². The van der Waals surface area contributed by atoms with Crippen LogP contribution >= 0.6 is 14.3 Å². The van der Waals surface area contributed by atoms with Crippen molar-refractivity contribution in [2.24, 2.45) is 4.52 Å². The van der Waals surface area contributed by atoms with Crippen LogP contribution in [0.3, 0.4) is 0 Å². The fraction of sp³-hybridized carbons (Fsp3) is 1.00. The minimum absolute atomic E-state index is 0.266. The van der Waals surface area contributed by atoms with Crippen LogP contribution in [-0.4, -0.2) is 29.8 Å². The minimum atomic E-state index is -1.88. The van der Waals surface area contributed by atoms with Crippen molar-refractivity contribution in [3.05, 3.63) is 0 Å². The number of nitrogens with zero attached hydrogens (tertiary/aromatic N) is 1. The first-order valence-corrected chi connectivity index (χ1v) is 14.7. The predicted molar refractivity (Wildman–Crippen MR) is 118 cm³/mol. The van der Waals surface area contributed by atoms with E-state index in [4.69, 9.17) is 4.52 Å². The SMILES string of the molecule is CCCCP(=N)(CCCC)N=P(CCCC)(CCCC)C(C)(C)C. The molecule has 0 rings (SSSR count). The van der Waals surface area contributed by atoms with Gasteiger partial charge < -0.3 is 0 Å². The van der Waals surface area contributed by atoms with Gasteiger partial charge in [0.1, 0.15) is 0 Å². The summed E-state index contributed by atoms with van der Waals surface area (Å²) in [6.45, 7) is 16.4. The fourth-order valence-electron chi connectivity index (χ4n) is 3.21. The van der Waals surface area contributed by atoms with Crippen molar-refractivity contribution in [1.29, 1.82) is 5.16 Å². The summed E-state index contributed by atoms with van der Waals surface area (Å²) in [4.78, 5) is 0. The van der Waals surface area contributed by atoms with Gasteiger partial charge in [0.15, 0.2) is 0 Å². The summed E-state index contributed by atoms with van der Waals surface area (Å²) in [7, 11) is -3.30. The van der Waals surface area contributed by atoms with E-state index < -0.39 is 14.3 Å². The molecule has 24 heavy (non-hydrogen) atoms. The van der Waals surface area contributed by atoms with Gasteiger partial charge in [-0.15, -0.1) is 0 Å². The Morgan fingerprint density at radius 1 is 0.667 bits per heavy atom. The molecule has 0 aromatic carbocycles. The third-order valence-corrected chi connectivity index (χ3v) is 14.6. The van der Waals surface area contributed by atoms with Crippen LogP contribution in [-0.2, 0) is 0 Å². The molecule has 0 heterocycles. The van der Waals surface area contributed by atoms with E-state index in [1.54, 1.807) is 0 Å². The average Bonchev–Trinajstić information content (AvgIpc) is 2.52. The third-order valence-electron chi connectivity index (χ3n) is 5.12. The molecule has 0 aromatic rings. The zero-order valence-electron chi connectivity index (χ0n) is 17.8. The van der Waals surface area contributed by atoms with E-state index in [2.05, 4.69) is 48.5 Å². The van der Waals surface area contributed by atoms with E-state index in [9.17, 15) is 5.16 Å². The van der Waals surface area contributed by atoms with E-state index in [1.807, 2.05) is 0 Å². The molecule has 1 N–H and O–H groups in total. The first-order chi connectivity index (χ1) is 11.2. The van der Waals surface area contributed by atoms with Gasteiger partial charge in [-0.05, 0) is 50.2 Å². The summed E-state index contributed by atoms with van der Waals surface area (Å²) in [5.74, 6) is 0. The van der Waals surface area contributed by atoms with E-state index in [1.165, 1.54) is 63.7 Å². The summed E-state index contributed by atoms with van der Waals surface area (Å²) in [6, 6.07) is 0. The number of rotatable bonds is 13. The first kappa shape index (κ1) is 24.5. The van der Waals surface area contributed by atoms with Crippen molar-refractivity contribution in [2.75, 3.05) is 24.6 Å². The summed E-state index contributed by atoms with van der Waals surface area (Å²) in [6.07, 6.45) is 14.6.